The summed E-state index contributed by atoms with van der Waals surface area (Å²) in [4.78, 5) is 0.983. The third kappa shape index (κ3) is 7.83. The highest BCUT2D eigenvalue weighted by atomic mass is 32.1. The summed E-state index contributed by atoms with van der Waals surface area (Å²) in [5.41, 5.74) is 0. The van der Waals surface area contributed by atoms with E-state index in [1.165, 1.54) is 25.7 Å². The highest BCUT2D eigenvalue weighted by Crippen LogP contribution is 1.99. The smallest absolute Gasteiger partial charge is 0.0118 e. The molecule has 10 heavy (non-hydrogen) atoms. The molecule has 0 spiro atoms. The number of hydrogen-bond acceptors (Lipinski definition) is 1. The Morgan fingerprint density at radius 1 is 1.40 bits per heavy atom. The number of allylic oxidation sites excluding steroid dienone is 2. The lowest BCUT2D eigenvalue weighted by atomic mass is 10.2. The zero-order chi connectivity index (χ0) is 7.82. The lowest BCUT2D eigenvalue weighted by Crippen LogP contribution is -1.76. The molecule has 58 valence electrons. The van der Waals surface area contributed by atoms with Gasteiger partial charge in [-0.3, -0.25) is 0 Å². The van der Waals surface area contributed by atoms with Crippen molar-refractivity contribution in [1.82, 2.24) is 0 Å². The first kappa shape index (κ1) is 9.83. The van der Waals surface area contributed by atoms with Crippen LogP contribution < -0.4 is 0 Å². The first-order chi connectivity index (χ1) is 4.77. The van der Waals surface area contributed by atoms with E-state index in [0.717, 1.165) is 4.86 Å². The molecule has 0 fully saturated rings. The summed E-state index contributed by atoms with van der Waals surface area (Å²) < 4.78 is 0. The van der Waals surface area contributed by atoms with E-state index >= 15 is 0 Å². The third-order valence-electron chi connectivity index (χ3n) is 1.33. The number of hydrogen-bond donors (Lipinski definition) is 0. The fourth-order valence-corrected chi connectivity index (χ4v) is 0.858. The Labute approximate surface area is 69.3 Å². The summed E-state index contributed by atoms with van der Waals surface area (Å²) in [7, 11) is 0. The van der Waals surface area contributed by atoms with E-state index in [1.807, 2.05) is 13.0 Å². The van der Waals surface area contributed by atoms with Crippen molar-refractivity contribution in [3.05, 3.63) is 12.2 Å². The van der Waals surface area contributed by atoms with Crippen LogP contribution in [0.2, 0.25) is 0 Å². The molecular formula is C9H16S. The number of thiocarbonyl (C=S) groups is 1. The van der Waals surface area contributed by atoms with Crippen molar-refractivity contribution < 1.29 is 0 Å². The number of rotatable bonds is 5. The summed E-state index contributed by atoms with van der Waals surface area (Å²) in [6.45, 7) is 4.17. The van der Waals surface area contributed by atoms with Crippen LogP contribution in [0.15, 0.2) is 12.2 Å². The molecule has 0 aromatic heterocycles. The van der Waals surface area contributed by atoms with Crippen LogP contribution in [0.3, 0.4) is 0 Å². The fourth-order valence-electron chi connectivity index (χ4n) is 0.761. The summed E-state index contributed by atoms with van der Waals surface area (Å²) >= 11 is 4.89. The van der Waals surface area contributed by atoms with E-state index in [9.17, 15) is 0 Å². The van der Waals surface area contributed by atoms with Crippen molar-refractivity contribution >= 4 is 17.1 Å². The van der Waals surface area contributed by atoms with E-state index in [2.05, 4.69) is 13.0 Å². The second kappa shape index (κ2) is 6.94. The monoisotopic (exact) mass is 156 g/mol. The van der Waals surface area contributed by atoms with E-state index in [4.69, 9.17) is 12.2 Å². The average molecular weight is 156 g/mol. The van der Waals surface area contributed by atoms with Crippen molar-refractivity contribution in [2.75, 3.05) is 0 Å². The molecule has 1 heteroatoms. The van der Waals surface area contributed by atoms with Gasteiger partial charge in [-0.1, -0.05) is 44.1 Å². The molecule has 0 saturated heterocycles. The maximum absolute atomic E-state index is 4.89. The molecule has 0 unspecified atom stereocenters. The SMILES string of the molecule is CCCCCC=CC(C)=S. The van der Waals surface area contributed by atoms with Gasteiger partial charge in [0.2, 0.25) is 0 Å². The quantitative estimate of drug-likeness (QED) is 0.333. The maximum Gasteiger partial charge on any atom is 0.0118 e. The van der Waals surface area contributed by atoms with Gasteiger partial charge in [-0.2, -0.15) is 0 Å². The van der Waals surface area contributed by atoms with Crippen LogP contribution in [0.5, 0.6) is 0 Å². The summed E-state index contributed by atoms with van der Waals surface area (Å²) in [5.74, 6) is 0. The Bertz CT molecular complexity index is 114. The average Bonchev–Trinajstić information content (AvgIpc) is 1.87. The second-order valence-corrected chi connectivity index (χ2v) is 3.15. The minimum absolute atomic E-state index is 0.983. The summed E-state index contributed by atoms with van der Waals surface area (Å²) in [6.07, 6.45) is 9.30. The van der Waals surface area contributed by atoms with Gasteiger partial charge >= 0.3 is 0 Å². The Balaban J connectivity index is 3.10. The van der Waals surface area contributed by atoms with Crippen molar-refractivity contribution in [1.29, 1.82) is 0 Å². The van der Waals surface area contributed by atoms with Gasteiger partial charge in [0, 0.05) is 4.86 Å². The van der Waals surface area contributed by atoms with Crippen LogP contribution in [0.1, 0.15) is 39.5 Å². The first-order valence-electron chi connectivity index (χ1n) is 3.94. The van der Waals surface area contributed by atoms with E-state index in [1.54, 1.807) is 0 Å². The van der Waals surface area contributed by atoms with Crippen LogP contribution in [0.25, 0.3) is 0 Å². The molecule has 0 radical (unpaired) electrons. The normalized spacial score (nSPS) is 10.6. The molecule has 0 N–H and O–H groups in total. The second-order valence-electron chi connectivity index (χ2n) is 2.51. The van der Waals surface area contributed by atoms with Crippen molar-refractivity contribution in [2.45, 2.75) is 39.5 Å². The molecule has 0 heterocycles. The van der Waals surface area contributed by atoms with Gasteiger partial charge in [-0.15, -0.1) is 0 Å². The van der Waals surface area contributed by atoms with Gasteiger partial charge in [0.15, 0.2) is 0 Å². The van der Waals surface area contributed by atoms with Crippen molar-refractivity contribution in [3.8, 4) is 0 Å². The first-order valence-corrected chi connectivity index (χ1v) is 4.35. The predicted octanol–water partition coefficient (Wildman–Crippen LogP) is 3.51. The molecule has 0 rings (SSSR count). The topological polar surface area (TPSA) is 0 Å². The maximum atomic E-state index is 4.89. The van der Waals surface area contributed by atoms with Crippen LogP contribution >= 0.6 is 12.2 Å². The molecular weight excluding hydrogens is 140 g/mol. The summed E-state index contributed by atoms with van der Waals surface area (Å²) in [6, 6.07) is 0. The molecule has 0 aliphatic carbocycles. The molecule has 0 saturated carbocycles. The Hall–Kier alpha value is -0.170. The predicted molar refractivity (Wildman–Crippen MR) is 51.6 cm³/mol. The Morgan fingerprint density at radius 3 is 2.60 bits per heavy atom. The number of unbranched alkanes of at least 4 members (excludes halogenated alkanes) is 3. The van der Waals surface area contributed by atoms with Crippen LogP contribution in [0, 0.1) is 0 Å². The fraction of sp³-hybridized carbons (Fsp3) is 0.667. The zero-order valence-corrected chi connectivity index (χ0v) is 7.71. The Morgan fingerprint density at radius 2 is 2.10 bits per heavy atom. The molecule has 0 aliphatic rings. The van der Waals surface area contributed by atoms with Gasteiger partial charge in [-0.25, -0.2) is 0 Å². The molecule has 0 aromatic carbocycles. The van der Waals surface area contributed by atoms with Gasteiger partial charge in [0.1, 0.15) is 0 Å². The third-order valence-corrected chi connectivity index (χ3v) is 1.46. The van der Waals surface area contributed by atoms with Crippen molar-refractivity contribution in [3.63, 3.8) is 0 Å². The molecule has 0 nitrogen and oxygen atoms in total. The minimum atomic E-state index is 0.983. The van der Waals surface area contributed by atoms with Gasteiger partial charge in [0.25, 0.3) is 0 Å². The van der Waals surface area contributed by atoms with Gasteiger partial charge in [0.05, 0.1) is 0 Å². The van der Waals surface area contributed by atoms with Crippen LogP contribution in [-0.4, -0.2) is 4.86 Å². The molecule has 0 bridgehead atoms. The van der Waals surface area contributed by atoms with Crippen LogP contribution in [0.4, 0.5) is 0 Å². The van der Waals surface area contributed by atoms with E-state index in [0.29, 0.717) is 0 Å². The highest BCUT2D eigenvalue weighted by molar-refractivity contribution is 7.80. The molecule has 0 aromatic rings. The highest BCUT2D eigenvalue weighted by Gasteiger charge is 1.81. The van der Waals surface area contributed by atoms with Crippen molar-refractivity contribution in [2.24, 2.45) is 0 Å². The standard InChI is InChI=1S/C9H16S/c1-3-4-5-6-7-8-9(2)10/h7-8H,3-6H2,1-2H3. The zero-order valence-electron chi connectivity index (χ0n) is 6.89. The van der Waals surface area contributed by atoms with E-state index in [-0.39, 0.29) is 0 Å². The molecule has 0 amide bonds. The van der Waals surface area contributed by atoms with Crippen LogP contribution in [-0.2, 0) is 0 Å². The Kier molecular flexibility index (Phi) is 6.83. The lowest BCUT2D eigenvalue weighted by molar-refractivity contribution is 0.729. The lowest BCUT2D eigenvalue weighted by Gasteiger charge is -1.90. The van der Waals surface area contributed by atoms with Gasteiger partial charge in [-0.05, 0) is 19.8 Å². The molecule has 0 aliphatic heterocycles. The van der Waals surface area contributed by atoms with Gasteiger partial charge < -0.3 is 0 Å². The summed E-state index contributed by atoms with van der Waals surface area (Å²) in [5, 5.41) is 0. The molecule has 0 atom stereocenters. The minimum Gasteiger partial charge on any atom is -0.0852 e. The van der Waals surface area contributed by atoms with E-state index < -0.39 is 0 Å². The largest absolute Gasteiger partial charge is 0.0852 e.